The Morgan fingerprint density at radius 2 is 1.86 bits per heavy atom. The number of nitrogens with two attached hydrogens (primary N) is 1. The van der Waals surface area contributed by atoms with Crippen LogP contribution in [0.4, 0.5) is 4.79 Å². The summed E-state index contributed by atoms with van der Waals surface area (Å²) in [5.74, 6) is 1.38. The number of primary amides is 1. The summed E-state index contributed by atoms with van der Waals surface area (Å²) < 4.78 is 12.1. The Labute approximate surface area is 126 Å². The lowest BCUT2D eigenvalue weighted by Gasteiger charge is -2.10. The van der Waals surface area contributed by atoms with Gasteiger partial charge in [-0.25, -0.2) is 9.86 Å². The molecule has 7 heteroatoms. The lowest BCUT2D eigenvalue weighted by molar-refractivity contribution is -0.0462. The lowest BCUT2D eigenvalue weighted by Crippen LogP contribution is -2.31. The van der Waals surface area contributed by atoms with Crippen LogP contribution in [0.3, 0.4) is 0 Å². The number of ether oxygens (including phenoxy) is 2. The van der Waals surface area contributed by atoms with E-state index in [1.54, 1.807) is 0 Å². The number of rotatable bonds is 6. The first-order chi connectivity index (χ1) is 10.0. The fraction of sp³-hybridized carbons (Fsp3) is 0.357. The van der Waals surface area contributed by atoms with Gasteiger partial charge in [0.25, 0.3) is 0 Å². The Morgan fingerprint density at radius 3 is 2.43 bits per heavy atom. The molecule has 0 spiro atoms. The first-order valence-corrected chi connectivity index (χ1v) is 7.44. The monoisotopic (exact) mass is 310 g/mol. The predicted octanol–water partition coefficient (Wildman–Crippen LogP) is 2.97. The number of carbonyl (C=O) groups excluding carboxylic acids is 1. The van der Waals surface area contributed by atoms with Crippen LogP contribution < -0.4 is 15.2 Å². The number of fused-ring (bicyclic) bond motifs is 1. The molecule has 2 rings (SSSR count). The molecule has 0 aliphatic rings. The van der Waals surface area contributed by atoms with E-state index in [9.17, 15) is 10.0 Å². The first-order valence-electron chi connectivity index (χ1n) is 6.63. The molecule has 1 heterocycles. The van der Waals surface area contributed by atoms with Crippen LogP contribution in [0.25, 0.3) is 10.1 Å². The number of urea groups is 1. The van der Waals surface area contributed by atoms with E-state index in [4.69, 9.17) is 15.2 Å². The van der Waals surface area contributed by atoms with E-state index in [0.717, 1.165) is 15.0 Å². The second kappa shape index (κ2) is 6.64. The molecule has 3 N–H and O–H groups in total. The van der Waals surface area contributed by atoms with Gasteiger partial charge in [-0.3, -0.25) is 5.21 Å². The first kappa shape index (κ1) is 15.4. The summed E-state index contributed by atoms with van der Waals surface area (Å²) in [6.45, 7) is 4.99. The molecule has 0 bridgehead atoms. The number of carbonyl (C=O) groups is 1. The smallest absolute Gasteiger partial charge is 0.338 e. The minimum Gasteiger partial charge on any atom is -0.490 e. The maximum atomic E-state index is 10.9. The van der Waals surface area contributed by atoms with Gasteiger partial charge in [-0.1, -0.05) is 0 Å². The largest absolute Gasteiger partial charge is 0.490 e. The molecule has 0 fully saturated rings. The standard InChI is InChI=1S/C14H18N2O4S/c1-3-19-11-6-9-5-10(8-16(18)14(15)17)21-13(9)7-12(11)20-4-2/h5-7,18H,3-4,8H2,1-2H3,(H2,15,17). The fourth-order valence-electron chi connectivity index (χ4n) is 1.94. The minimum absolute atomic E-state index is 0.0582. The fourth-order valence-corrected chi connectivity index (χ4v) is 3.00. The van der Waals surface area contributed by atoms with E-state index < -0.39 is 6.03 Å². The molecule has 2 amide bonds. The average Bonchev–Trinajstić information content (AvgIpc) is 2.80. The van der Waals surface area contributed by atoms with E-state index in [2.05, 4.69) is 0 Å². The van der Waals surface area contributed by atoms with Gasteiger partial charge in [-0.2, -0.15) is 0 Å². The summed E-state index contributed by atoms with van der Waals surface area (Å²) in [5, 5.41) is 10.9. The molecule has 0 radical (unpaired) electrons. The second-order valence-corrected chi connectivity index (χ2v) is 5.48. The van der Waals surface area contributed by atoms with Crippen LogP contribution in [0.5, 0.6) is 11.5 Å². The molecule has 114 valence electrons. The van der Waals surface area contributed by atoms with Crippen molar-refractivity contribution in [3.05, 3.63) is 23.1 Å². The molecule has 0 atom stereocenters. The predicted molar refractivity (Wildman–Crippen MR) is 81.1 cm³/mol. The van der Waals surface area contributed by atoms with Gasteiger partial charge < -0.3 is 15.2 Å². The molecule has 21 heavy (non-hydrogen) atoms. The van der Waals surface area contributed by atoms with E-state index in [1.807, 2.05) is 32.0 Å². The van der Waals surface area contributed by atoms with Gasteiger partial charge in [0.1, 0.15) is 0 Å². The highest BCUT2D eigenvalue weighted by Gasteiger charge is 2.13. The lowest BCUT2D eigenvalue weighted by atomic mass is 10.2. The summed E-state index contributed by atoms with van der Waals surface area (Å²) in [6, 6.07) is 4.82. The number of hydrogen-bond acceptors (Lipinski definition) is 5. The van der Waals surface area contributed by atoms with Crippen molar-refractivity contribution < 1.29 is 19.5 Å². The number of benzene rings is 1. The van der Waals surface area contributed by atoms with Crippen molar-refractivity contribution >= 4 is 27.5 Å². The van der Waals surface area contributed by atoms with Crippen molar-refractivity contribution in [1.82, 2.24) is 5.06 Å². The van der Waals surface area contributed by atoms with E-state index in [1.165, 1.54) is 11.3 Å². The quantitative estimate of drug-likeness (QED) is 0.634. The zero-order valence-corrected chi connectivity index (χ0v) is 12.8. The van der Waals surface area contributed by atoms with Crippen molar-refractivity contribution in [2.24, 2.45) is 5.73 Å². The molecule has 6 nitrogen and oxygen atoms in total. The number of thiophene rings is 1. The average molecular weight is 310 g/mol. The zero-order chi connectivity index (χ0) is 15.4. The van der Waals surface area contributed by atoms with Gasteiger partial charge in [0, 0.05) is 15.6 Å². The summed E-state index contributed by atoms with van der Waals surface area (Å²) in [7, 11) is 0. The Bertz CT molecular complexity index is 598. The van der Waals surface area contributed by atoms with Gasteiger partial charge in [-0.15, -0.1) is 11.3 Å². The van der Waals surface area contributed by atoms with Gasteiger partial charge in [0.05, 0.1) is 19.8 Å². The number of nitrogens with zero attached hydrogens (tertiary/aromatic N) is 1. The molecule has 0 unspecified atom stereocenters. The summed E-state index contributed by atoms with van der Waals surface area (Å²) in [6.07, 6.45) is 0. The molecule has 0 aliphatic carbocycles. The maximum absolute atomic E-state index is 10.9. The SMILES string of the molecule is CCOc1cc2cc(CN(O)C(N)=O)sc2cc1OCC. The Kier molecular flexibility index (Phi) is 4.87. The number of hydrogen-bond donors (Lipinski definition) is 2. The van der Waals surface area contributed by atoms with Crippen molar-refractivity contribution in [1.29, 1.82) is 0 Å². The van der Waals surface area contributed by atoms with Gasteiger partial charge in [0.2, 0.25) is 0 Å². The normalized spacial score (nSPS) is 10.6. The molecule has 0 saturated heterocycles. The Balaban J connectivity index is 2.35. The maximum Gasteiger partial charge on any atom is 0.338 e. The number of amides is 2. The topological polar surface area (TPSA) is 85.0 Å². The van der Waals surface area contributed by atoms with Crippen molar-refractivity contribution in [3.63, 3.8) is 0 Å². The highest BCUT2D eigenvalue weighted by molar-refractivity contribution is 7.19. The van der Waals surface area contributed by atoms with Crippen LogP contribution in [-0.4, -0.2) is 29.5 Å². The molecule has 1 aromatic heterocycles. The van der Waals surface area contributed by atoms with Crippen molar-refractivity contribution in [2.75, 3.05) is 13.2 Å². The van der Waals surface area contributed by atoms with E-state index in [-0.39, 0.29) is 6.54 Å². The molecule has 0 saturated carbocycles. The van der Waals surface area contributed by atoms with Crippen molar-refractivity contribution in [3.8, 4) is 11.5 Å². The highest BCUT2D eigenvalue weighted by atomic mass is 32.1. The molecule has 2 aromatic rings. The third-order valence-electron chi connectivity index (χ3n) is 2.79. The van der Waals surface area contributed by atoms with Crippen LogP contribution >= 0.6 is 11.3 Å². The van der Waals surface area contributed by atoms with Crippen LogP contribution in [-0.2, 0) is 6.54 Å². The molecule has 1 aromatic carbocycles. The van der Waals surface area contributed by atoms with Gasteiger partial charge in [-0.05, 0) is 31.4 Å². The molecular formula is C14H18N2O4S. The van der Waals surface area contributed by atoms with Crippen LogP contribution in [0.1, 0.15) is 18.7 Å². The highest BCUT2D eigenvalue weighted by Crippen LogP contribution is 2.37. The summed E-state index contributed by atoms with van der Waals surface area (Å²) >= 11 is 1.46. The Morgan fingerprint density at radius 1 is 1.24 bits per heavy atom. The number of hydroxylamine groups is 2. The van der Waals surface area contributed by atoms with Gasteiger partial charge in [0.15, 0.2) is 11.5 Å². The minimum atomic E-state index is -0.877. The third kappa shape index (κ3) is 3.56. The van der Waals surface area contributed by atoms with E-state index in [0.29, 0.717) is 29.8 Å². The van der Waals surface area contributed by atoms with Crippen LogP contribution in [0, 0.1) is 0 Å². The van der Waals surface area contributed by atoms with Crippen LogP contribution in [0.15, 0.2) is 18.2 Å². The summed E-state index contributed by atoms with van der Waals surface area (Å²) in [5.41, 5.74) is 5.01. The summed E-state index contributed by atoms with van der Waals surface area (Å²) in [4.78, 5) is 11.7. The Hall–Kier alpha value is -1.99. The molecular weight excluding hydrogens is 292 g/mol. The van der Waals surface area contributed by atoms with Crippen molar-refractivity contribution in [2.45, 2.75) is 20.4 Å². The van der Waals surface area contributed by atoms with Gasteiger partial charge >= 0.3 is 6.03 Å². The van der Waals surface area contributed by atoms with Crippen LogP contribution in [0.2, 0.25) is 0 Å². The third-order valence-corrected chi connectivity index (χ3v) is 3.88. The zero-order valence-electron chi connectivity index (χ0n) is 12.0. The molecule has 0 aliphatic heterocycles. The van der Waals surface area contributed by atoms with E-state index >= 15 is 0 Å². The second-order valence-electron chi connectivity index (χ2n) is 4.31.